The Kier molecular flexibility index (Phi) is 18.6. The van der Waals surface area contributed by atoms with Crippen LogP contribution in [0.4, 0.5) is 35.7 Å². The zero-order valence-corrected chi connectivity index (χ0v) is 48.1. The van der Waals surface area contributed by atoms with Crippen molar-refractivity contribution < 1.29 is 89.4 Å². The molecule has 8 heterocycles. The standard InChI is InChI=1S/C49H53F2N13O17P2S2/c1-25-16-32(66)62(44(25)68)13-12-30(65)18-28(17-26-6-4-3-5-7-26)43(67)59-29-10-8-27(9-11-29)19-74-49(70)61(2)14-15-73-48(69)60-40-36-42(56-22-54-40)64(24-58-36)46-34(51)38-47(77-46)78-81-83(72,85)79-37-31(20-75-82(71,84)80-38)76-45(33(37)50)63-23-57-35-39(52)53-21-55-41(35)63/h3-11,21-25,28,31,33-34,37-38,45-47H,12-20H2,1-2H3,(H,59,67)(H,71,84)(H,72,85)(H2,52,53,55)(H,54,56,60,69)/t25?,28-,31+,33+,34+,37+,38-,45+,46+,47+,82?,83?/m0/s1. The summed E-state index contributed by atoms with van der Waals surface area (Å²) in [4.78, 5) is 131. The van der Waals surface area contributed by atoms with Gasteiger partial charge in [-0.05, 0) is 53.3 Å². The van der Waals surface area contributed by atoms with Crippen LogP contribution in [0, 0.1) is 11.8 Å². The summed E-state index contributed by atoms with van der Waals surface area (Å²) in [6.45, 7) is -8.82. The highest BCUT2D eigenvalue weighted by molar-refractivity contribution is 8.07. The number of ether oxygens (including phenoxy) is 4. The predicted molar refractivity (Wildman–Crippen MR) is 295 cm³/mol. The second-order valence-corrected chi connectivity index (χ2v) is 25.3. The first-order valence-electron chi connectivity index (χ1n) is 25.9. The summed E-state index contributed by atoms with van der Waals surface area (Å²) >= 11 is 10.3. The molecule has 4 fully saturated rings. The molecule has 4 aromatic heterocycles. The lowest BCUT2D eigenvalue weighted by molar-refractivity contribution is -0.336. The Morgan fingerprint density at radius 1 is 0.847 bits per heavy atom. The van der Waals surface area contributed by atoms with Crippen molar-refractivity contribution >= 4 is 112 Å². The molecule has 2 aromatic carbocycles. The van der Waals surface area contributed by atoms with Crippen LogP contribution in [0.2, 0.25) is 0 Å². The molecule has 4 saturated heterocycles. The molecular formula is C49H53F2N13O17P2S2. The van der Waals surface area contributed by atoms with Gasteiger partial charge in [-0.2, -0.15) is 4.89 Å². The number of hydrogen-bond donors (Lipinski definition) is 5. The largest absolute Gasteiger partial charge is 0.447 e. The van der Waals surface area contributed by atoms with Crippen LogP contribution in [0.1, 0.15) is 49.8 Å². The van der Waals surface area contributed by atoms with E-state index in [1.165, 1.54) is 17.9 Å². The van der Waals surface area contributed by atoms with Gasteiger partial charge in [-0.3, -0.25) is 47.6 Å². The Labute approximate surface area is 490 Å². The first kappa shape index (κ1) is 61.1. The maximum Gasteiger partial charge on any atom is 0.412 e. The average Bonchev–Trinajstić information content (AvgIpc) is 3.73. The topological polar surface area (TPSA) is 370 Å². The molecule has 0 radical (unpaired) electrons. The van der Waals surface area contributed by atoms with E-state index in [9.17, 15) is 38.6 Å². The van der Waals surface area contributed by atoms with Crippen molar-refractivity contribution in [3.05, 3.63) is 91.0 Å². The van der Waals surface area contributed by atoms with Gasteiger partial charge in [0.2, 0.25) is 24.0 Å². The fourth-order valence-corrected chi connectivity index (χ4v) is 12.1. The number of imidazole rings is 2. The fraction of sp³-hybridized carbons (Fsp3) is 0.429. The number of nitrogens with one attached hydrogen (secondary N) is 2. The summed E-state index contributed by atoms with van der Waals surface area (Å²) in [5.41, 5.74) is 7.74. The van der Waals surface area contributed by atoms with Crippen molar-refractivity contribution in [2.24, 2.45) is 11.8 Å². The van der Waals surface area contributed by atoms with E-state index < -0.39 is 99.4 Å². The van der Waals surface area contributed by atoms with Crippen molar-refractivity contribution in [2.75, 3.05) is 49.7 Å². The number of carbonyl (C=O) groups excluding carboxylic acids is 6. The molecule has 6 aromatic rings. The van der Waals surface area contributed by atoms with Crippen molar-refractivity contribution in [1.82, 2.24) is 48.8 Å². The minimum atomic E-state index is -4.62. The van der Waals surface area contributed by atoms with Crippen LogP contribution in [0.25, 0.3) is 22.3 Å². The van der Waals surface area contributed by atoms with Crippen molar-refractivity contribution in [1.29, 1.82) is 0 Å². The van der Waals surface area contributed by atoms with Crippen LogP contribution in [-0.2, 0) is 97.9 Å². The Morgan fingerprint density at radius 2 is 1.52 bits per heavy atom. The van der Waals surface area contributed by atoms with Gasteiger partial charge >= 0.3 is 25.6 Å². The molecule has 0 bridgehead atoms. The molecule has 6 N–H and O–H groups in total. The number of imide groups is 1. The van der Waals surface area contributed by atoms with Crippen LogP contribution in [-0.4, -0.2) is 165 Å². The number of anilines is 3. The lowest BCUT2D eigenvalue weighted by Gasteiger charge is -2.29. The number of likely N-dealkylation sites (tertiary alicyclic amines) is 1. The molecule has 30 nitrogen and oxygen atoms in total. The summed E-state index contributed by atoms with van der Waals surface area (Å²) in [6.07, 6.45) is -12.1. The van der Waals surface area contributed by atoms with Gasteiger partial charge in [0.15, 0.2) is 59.3 Å². The van der Waals surface area contributed by atoms with E-state index in [1.54, 1.807) is 31.2 Å². The molecule has 12 atom stereocenters. The molecular weight excluding hydrogens is 1210 g/mol. The fourth-order valence-electron chi connectivity index (χ4n) is 9.53. The number of nitrogens with zero attached hydrogens (tertiary/aromatic N) is 10. The van der Waals surface area contributed by atoms with Gasteiger partial charge in [-0.1, -0.05) is 49.4 Å². The second kappa shape index (κ2) is 25.9. The number of fused-ring (bicyclic) bond motifs is 4. The number of carbonyl (C=O) groups is 6. The number of benzene rings is 2. The van der Waals surface area contributed by atoms with Gasteiger partial charge in [0.05, 0.1) is 25.8 Å². The molecule has 0 aliphatic carbocycles. The van der Waals surface area contributed by atoms with Crippen molar-refractivity contribution in [2.45, 2.75) is 88.6 Å². The monoisotopic (exact) mass is 1260 g/mol. The normalized spacial score (nSPS) is 27.4. The number of aromatic nitrogens is 8. The maximum absolute atomic E-state index is 16.6. The Balaban J connectivity index is 0.693. The third-order valence-corrected chi connectivity index (χ3v) is 16.6. The van der Waals surface area contributed by atoms with E-state index in [2.05, 4.69) is 40.5 Å². The smallest absolute Gasteiger partial charge is 0.412 e. The highest BCUT2D eigenvalue weighted by Gasteiger charge is 2.55. The summed E-state index contributed by atoms with van der Waals surface area (Å²) in [5, 5.41) is 5.26. The number of ketones is 1. The van der Waals surface area contributed by atoms with Crippen molar-refractivity contribution in [3.63, 3.8) is 0 Å². The quantitative estimate of drug-likeness (QED) is 0.0485. The molecule has 85 heavy (non-hydrogen) atoms. The van der Waals surface area contributed by atoms with Gasteiger partial charge in [0.25, 0.3) is 0 Å². The molecule has 0 saturated carbocycles. The number of alkyl halides is 2. The molecule has 0 spiro atoms. The van der Waals surface area contributed by atoms with Crippen LogP contribution >= 0.6 is 13.4 Å². The molecule has 10 rings (SSSR count). The summed E-state index contributed by atoms with van der Waals surface area (Å²) < 4.78 is 79.1. The molecule has 452 valence electrons. The van der Waals surface area contributed by atoms with Gasteiger partial charge in [0.1, 0.15) is 49.4 Å². The number of amides is 5. The average molecular weight is 1260 g/mol. The molecule has 4 aliphatic heterocycles. The van der Waals surface area contributed by atoms with Gasteiger partial charge in [0, 0.05) is 50.4 Å². The Hall–Kier alpha value is -7.04. The van der Waals surface area contributed by atoms with Gasteiger partial charge in [-0.15, -0.1) is 4.67 Å². The summed E-state index contributed by atoms with van der Waals surface area (Å²) in [7, 11) is 1.41. The number of Topliss-reactive ketones (excluding diaryl/α,β-unsaturated/α-hetero) is 1. The summed E-state index contributed by atoms with van der Waals surface area (Å²) in [5.74, 6) is -2.69. The highest BCUT2D eigenvalue weighted by atomic mass is 32.5. The minimum absolute atomic E-state index is 0.00343. The SMILES string of the molecule is CC1CC(=O)N(CCC(=O)C[C@H](Cc2ccccc2)C(=O)Nc2ccc(COC(=O)N(C)CCOC(=O)Nc3ncnc4c3ncn4[C@@H]3O[C@@H]4OOP(O)(=S)O[C@H]5[C@@H](F)[C@H](n6cnc7c(N)ncnc76)O[C@@H]5COP(O)(=S)O[C@H]4[C@H]3F)cc2)C1=O. The van der Waals surface area contributed by atoms with E-state index in [0.29, 0.717) is 11.3 Å². The number of rotatable bonds is 17. The highest BCUT2D eigenvalue weighted by Crippen LogP contribution is 2.55. The molecule has 5 amide bonds. The van der Waals surface area contributed by atoms with E-state index >= 15 is 8.78 Å². The zero-order valence-electron chi connectivity index (χ0n) is 44.7. The molecule has 36 heteroatoms. The third kappa shape index (κ3) is 14.1. The number of likely N-dealkylation sites (N-methyl/N-ethyl adjacent to an activating group) is 1. The van der Waals surface area contributed by atoms with E-state index in [-0.39, 0.29) is 104 Å². The first-order valence-corrected chi connectivity index (χ1v) is 31.1. The van der Waals surface area contributed by atoms with Gasteiger partial charge in [-0.25, -0.2) is 48.3 Å². The lowest BCUT2D eigenvalue weighted by Crippen LogP contribution is -2.36. The Bertz CT molecular complexity index is 3600. The van der Waals surface area contributed by atoms with Crippen molar-refractivity contribution in [3.8, 4) is 0 Å². The maximum atomic E-state index is 16.6. The van der Waals surface area contributed by atoms with Crippen LogP contribution in [0.15, 0.2) is 79.9 Å². The second-order valence-electron chi connectivity index (χ2n) is 19.8. The summed E-state index contributed by atoms with van der Waals surface area (Å²) in [6, 6.07) is 15.7. The number of nitrogen functional groups attached to an aromatic ring is 1. The zero-order chi connectivity index (χ0) is 60.3. The molecule has 3 unspecified atom stereocenters. The number of nitrogens with two attached hydrogens (primary N) is 1. The minimum Gasteiger partial charge on any atom is -0.447 e. The number of halogens is 2. The third-order valence-electron chi connectivity index (χ3n) is 13.9. The van der Waals surface area contributed by atoms with E-state index in [0.717, 1.165) is 38.9 Å². The van der Waals surface area contributed by atoms with Crippen LogP contribution in [0.5, 0.6) is 0 Å². The van der Waals surface area contributed by atoms with Crippen LogP contribution < -0.4 is 16.4 Å². The number of hydrogen-bond acceptors (Lipinski definition) is 24. The van der Waals surface area contributed by atoms with Gasteiger partial charge < -0.3 is 49.2 Å². The van der Waals surface area contributed by atoms with E-state index in [4.69, 9.17) is 71.4 Å². The van der Waals surface area contributed by atoms with Crippen LogP contribution in [0.3, 0.4) is 0 Å². The Morgan fingerprint density at radius 3 is 2.24 bits per heavy atom. The first-order chi connectivity index (χ1) is 40.6. The lowest BCUT2D eigenvalue weighted by atomic mass is 9.92. The van der Waals surface area contributed by atoms with E-state index in [1.807, 2.05) is 30.3 Å². The predicted octanol–water partition coefficient (Wildman–Crippen LogP) is 4.22. The molecule has 4 aliphatic rings.